The number of benzene rings is 1. The predicted octanol–water partition coefficient (Wildman–Crippen LogP) is 2.72. The number of nitrogens with zero attached hydrogens (tertiary/aromatic N) is 3. The second-order valence-electron chi connectivity index (χ2n) is 5.74. The summed E-state index contributed by atoms with van der Waals surface area (Å²) in [7, 11) is 0. The first-order valence-electron chi connectivity index (χ1n) is 7.86. The molecule has 0 fully saturated rings. The lowest BCUT2D eigenvalue weighted by Crippen LogP contribution is -2.52. The van der Waals surface area contributed by atoms with E-state index in [1.54, 1.807) is 28.4 Å². The number of hydrogen-bond donors (Lipinski definition) is 1. The first kappa shape index (κ1) is 16.1. The van der Waals surface area contributed by atoms with Crippen molar-refractivity contribution in [1.82, 2.24) is 10.2 Å². The van der Waals surface area contributed by atoms with E-state index in [0.29, 0.717) is 36.2 Å². The number of nitrogens with one attached hydrogen (secondary N) is 1. The highest BCUT2D eigenvalue weighted by Gasteiger charge is 2.38. The Morgan fingerprint density at radius 3 is 3.04 bits per heavy atom. The minimum absolute atomic E-state index is 0.0542. The van der Waals surface area contributed by atoms with Crippen LogP contribution in [0.1, 0.15) is 10.4 Å². The summed E-state index contributed by atoms with van der Waals surface area (Å²) in [5.41, 5.74) is 1.45. The van der Waals surface area contributed by atoms with Crippen molar-refractivity contribution in [3.05, 3.63) is 51.2 Å². The van der Waals surface area contributed by atoms with Crippen molar-refractivity contribution in [3.8, 4) is 0 Å². The van der Waals surface area contributed by atoms with E-state index in [2.05, 4.69) is 10.3 Å². The molecular formula is C17H15ClN4O2S. The molecule has 2 aliphatic heterocycles. The number of urea groups is 1. The maximum Gasteiger partial charge on any atom is 0.330 e. The summed E-state index contributed by atoms with van der Waals surface area (Å²) in [6.45, 7) is 1.50. The summed E-state index contributed by atoms with van der Waals surface area (Å²) in [6, 6.07) is 8.98. The molecule has 0 aliphatic carbocycles. The summed E-state index contributed by atoms with van der Waals surface area (Å²) < 4.78 is 0. The zero-order valence-electron chi connectivity index (χ0n) is 13.2. The van der Waals surface area contributed by atoms with Gasteiger partial charge in [0.15, 0.2) is 0 Å². The highest BCUT2D eigenvalue weighted by atomic mass is 35.5. The monoisotopic (exact) mass is 374 g/mol. The Kier molecular flexibility index (Phi) is 4.19. The molecule has 0 atom stereocenters. The van der Waals surface area contributed by atoms with Crippen LogP contribution in [0.25, 0.3) is 0 Å². The number of fused-ring (bicyclic) bond motifs is 3. The Bertz CT molecular complexity index is 866. The van der Waals surface area contributed by atoms with Crippen LogP contribution in [0.5, 0.6) is 0 Å². The molecule has 1 N–H and O–H groups in total. The average molecular weight is 375 g/mol. The van der Waals surface area contributed by atoms with E-state index in [4.69, 9.17) is 11.6 Å². The summed E-state index contributed by atoms with van der Waals surface area (Å²) in [6.07, 6.45) is 0. The quantitative estimate of drug-likeness (QED) is 0.894. The number of amides is 3. The van der Waals surface area contributed by atoms with Crippen molar-refractivity contribution in [2.24, 2.45) is 4.99 Å². The van der Waals surface area contributed by atoms with Crippen LogP contribution >= 0.6 is 22.9 Å². The largest absolute Gasteiger partial charge is 0.350 e. The van der Waals surface area contributed by atoms with Crippen LogP contribution < -0.4 is 10.2 Å². The number of aliphatic imine (C=N–C) groups is 1. The Morgan fingerprint density at radius 2 is 2.24 bits per heavy atom. The number of amidine groups is 1. The minimum Gasteiger partial charge on any atom is -0.350 e. The van der Waals surface area contributed by atoms with Crippen LogP contribution in [0.15, 0.2) is 40.7 Å². The first-order chi connectivity index (χ1) is 12.1. The van der Waals surface area contributed by atoms with Crippen LogP contribution in [0.2, 0.25) is 5.02 Å². The fourth-order valence-corrected chi connectivity index (χ4v) is 3.79. The van der Waals surface area contributed by atoms with Gasteiger partial charge in [-0.2, -0.15) is 0 Å². The standard InChI is InChI=1S/C17H15ClN4O2S/c18-11-3-4-13-14(8-11)22(17(24)21-6-5-19-16(13)21)10-15(23)20-9-12-2-1-7-25-12/h1-4,7-8H,5-6,9-10H2,(H,20,23). The highest BCUT2D eigenvalue weighted by molar-refractivity contribution is 7.09. The van der Waals surface area contributed by atoms with Gasteiger partial charge < -0.3 is 5.32 Å². The fourth-order valence-electron chi connectivity index (χ4n) is 2.98. The molecule has 0 saturated heterocycles. The molecule has 8 heteroatoms. The van der Waals surface area contributed by atoms with Crippen molar-refractivity contribution in [2.75, 3.05) is 24.5 Å². The molecule has 6 nitrogen and oxygen atoms in total. The van der Waals surface area contributed by atoms with Gasteiger partial charge in [-0.05, 0) is 29.6 Å². The van der Waals surface area contributed by atoms with Crippen molar-refractivity contribution >= 4 is 46.4 Å². The van der Waals surface area contributed by atoms with Gasteiger partial charge in [0.25, 0.3) is 0 Å². The number of rotatable bonds is 4. The summed E-state index contributed by atoms with van der Waals surface area (Å²) in [4.78, 5) is 33.7. The summed E-state index contributed by atoms with van der Waals surface area (Å²) in [5, 5.41) is 5.33. The van der Waals surface area contributed by atoms with Crippen LogP contribution in [0.4, 0.5) is 10.5 Å². The van der Waals surface area contributed by atoms with Crippen molar-refractivity contribution < 1.29 is 9.59 Å². The van der Waals surface area contributed by atoms with Gasteiger partial charge in [-0.15, -0.1) is 11.3 Å². The molecule has 0 unspecified atom stereocenters. The van der Waals surface area contributed by atoms with Crippen molar-refractivity contribution in [2.45, 2.75) is 6.54 Å². The highest BCUT2D eigenvalue weighted by Crippen LogP contribution is 2.32. The smallest absolute Gasteiger partial charge is 0.330 e. The fraction of sp³-hybridized carbons (Fsp3) is 0.235. The van der Waals surface area contributed by atoms with Crippen LogP contribution in [0, 0.1) is 0 Å². The molecule has 3 amide bonds. The number of thiophene rings is 1. The van der Waals surface area contributed by atoms with E-state index in [9.17, 15) is 9.59 Å². The summed E-state index contributed by atoms with van der Waals surface area (Å²) in [5.74, 6) is 0.444. The number of hydrogen-bond acceptors (Lipinski definition) is 4. The maximum absolute atomic E-state index is 12.8. The molecule has 2 aromatic rings. The van der Waals surface area contributed by atoms with E-state index >= 15 is 0 Å². The molecule has 128 valence electrons. The SMILES string of the molecule is O=C(CN1C(=O)N2CCN=C2c2ccc(Cl)cc21)NCc1cccs1. The molecule has 0 saturated carbocycles. The van der Waals surface area contributed by atoms with Gasteiger partial charge in [0.2, 0.25) is 5.91 Å². The summed E-state index contributed by atoms with van der Waals surface area (Å²) >= 11 is 7.69. The topological polar surface area (TPSA) is 65.0 Å². The zero-order valence-corrected chi connectivity index (χ0v) is 14.8. The Balaban J connectivity index is 1.57. The van der Waals surface area contributed by atoms with E-state index in [1.165, 1.54) is 4.90 Å². The Hall–Kier alpha value is -2.38. The lowest BCUT2D eigenvalue weighted by Gasteiger charge is -2.35. The van der Waals surface area contributed by atoms with Crippen LogP contribution in [-0.2, 0) is 11.3 Å². The molecule has 1 aromatic heterocycles. The molecule has 3 heterocycles. The van der Waals surface area contributed by atoms with Gasteiger partial charge in [0, 0.05) is 22.0 Å². The Labute approximate surface area is 153 Å². The van der Waals surface area contributed by atoms with Crippen molar-refractivity contribution in [3.63, 3.8) is 0 Å². The molecule has 2 aliphatic rings. The minimum atomic E-state index is -0.239. The Morgan fingerprint density at radius 1 is 1.36 bits per heavy atom. The van der Waals surface area contributed by atoms with E-state index in [-0.39, 0.29) is 18.5 Å². The third-order valence-electron chi connectivity index (χ3n) is 4.14. The van der Waals surface area contributed by atoms with Crippen molar-refractivity contribution in [1.29, 1.82) is 0 Å². The van der Waals surface area contributed by atoms with Gasteiger partial charge in [-0.1, -0.05) is 17.7 Å². The van der Waals surface area contributed by atoms with Gasteiger partial charge in [0.1, 0.15) is 12.4 Å². The van der Waals surface area contributed by atoms with Crippen LogP contribution in [0.3, 0.4) is 0 Å². The second-order valence-corrected chi connectivity index (χ2v) is 7.21. The molecule has 0 spiro atoms. The lowest BCUT2D eigenvalue weighted by molar-refractivity contribution is -0.119. The zero-order chi connectivity index (χ0) is 17.4. The number of anilines is 1. The molecule has 0 bridgehead atoms. The van der Waals surface area contributed by atoms with E-state index < -0.39 is 0 Å². The first-order valence-corrected chi connectivity index (χ1v) is 9.12. The third kappa shape index (κ3) is 3.01. The second kappa shape index (κ2) is 6.50. The van der Waals surface area contributed by atoms with Gasteiger partial charge in [-0.3, -0.25) is 19.6 Å². The molecule has 25 heavy (non-hydrogen) atoms. The van der Waals surface area contributed by atoms with Gasteiger partial charge in [0.05, 0.1) is 18.8 Å². The number of halogens is 1. The number of carbonyl (C=O) groups excluding carboxylic acids is 2. The average Bonchev–Trinajstić information content (AvgIpc) is 3.28. The van der Waals surface area contributed by atoms with Crippen LogP contribution in [-0.4, -0.2) is 42.3 Å². The van der Waals surface area contributed by atoms with Gasteiger partial charge >= 0.3 is 6.03 Å². The molecule has 1 aromatic carbocycles. The third-order valence-corrected chi connectivity index (χ3v) is 5.25. The maximum atomic E-state index is 12.8. The van der Waals surface area contributed by atoms with E-state index in [0.717, 1.165) is 10.4 Å². The lowest BCUT2D eigenvalue weighted by atomic mass is 10.1. The predicted molar refractivity (Wildman–Crippen MR) is 98.5 cm³/mol. The molecule has 4 rings (SSSR count). The normalized spacial score (nSPS) is 15.7. The molecular weight excluding hydrogens is 360 g/mol. The van der Waals surface area contributed by atoms with E-state index in [1.807, 2.05) is 23.6 Å². The van der Waals surface area contributed by atoms with Gasteiger partial charge in [-0.25, -0.2) is 4.79 Å². The molecule has 0 radical (unpaired) electrons. The number of carbonyl (C=O) groups is 2.